The van der Waals surface area contributed by atoms with Gasteiger partial charge in [0.05, 0.1) is 21.3 Å². The number of carbonyl (C=O) groups excluding carboxylic acids is 3. The Morgan fingerprint density at radius 1 is 1.08 bits per heavy atom. The molecule has 196 valence electrons. The minimum absolute atomic E-state index is 0.0386. The van der Waals surface area contributed by atoms with Gasteiger partial charge in [0.25, 0.3) is 5.91 Å². The highest BCUT2D eigenvalue weighted by Crippen LogP contribution is 2.40. The topological polar surface area (TPSA) is 119 Å². The average molecular weight is 500 g/mol. The Balaban J connectivity index is 1.84. The molecule has 0 saturated heterocycles. The standard InChI is InChI=1S/C27H37N3O6/c1-8-9-10-17(25(32)28-16-11-20(34-5)24(36-7)21(12-16)35-6)30-26(33)23-15(2)22-18(29-23)13-27(3,4)14-19(22)31/h11-12,17,29H,8-10,13-14H2,1-7H3,(H,28,32)(H,30,33). The lowest BCUT2D eigenvalue weighted by Crippen LogP contribution is -2.44. The molecule has 1 aromatic heterocycles. The summed E-state index contributed by atoms with van der Waals surface area (Å²) < 4.78 is 16.1. The second-order valence-electron chi connectivity index (χ2n) is 9.99. The van der Waals surface area contributed by atoms with Crippen molar-refractivity contribution in [3.05, 3.63) is 34.6 Å². The molecule has 1 aliphatic carbocycles. The zero-order valence-electron chi connectivity index (χ0n) is 22.2. The van der Waals surface area contributed by atoms with Crippen molar-refractivity contribution in [2.75, 3.05) is 26.6 Å². The summed E-state index contributed by atoms with van der Waals surface area (Å²) in [5.74, 6) is 0.489. The summed E-state index contributed by atoms with van der Waals surface area (Å²) in [6.45, 7) is 7.88. The summed E-state index contributed by atoms with van der Waals surface area (Å²) in [5.41, 5.74) is 2.62. The first-order valence-electron chi connectivity index (χ1n) is 12.2. The van der Waals surface area contributed by atoms with E-state index in [1.807, 2.05) is 20.8 Å². The SMILES string of the molecule is CCCCC(NC(=O)c1[nH]c2c(c1C)C(=O)CC(C)(C)C2)C(=O)Nc1cc(OC)c(OC)c(OC)c1. The second kappa shape index (κ2) is 11.1. The molecular weight excluding hydrogens is 462 g/mol. The number of rotatable bonds is 10. The number of aromatic nitrogens is 1. The van der Waals surface area contributed by atoms with Crippen LogP contribution in [0.3, 0.4) is 0 Å². The molecule has 0 saturated carbocycles. The van der Waals surface area contributed by atoms with Crippen molar-refractivity contribution in [1.82, 2.24) is 10.3 Å². The number of carbonyl (C=O) groups is 3. The van der Waals surface area contributed by atoms with Crippen LogP contribution < -0.4 is 24.8 Å². The Bertz CT molecular complexity index is 1130. The molecule has 1 unspecified atom stereocenters. The van der Waals surface area contributed by atoms with Crippen LogP contribution in [-0.2, 0) is 11.2 Å². The average Bonchev–Trinajstić information content (AvgIpc) is 3.15. The fourth-order valence-corrected chi connectivity index (χ4v) is 4.75. The molecule has 9 nitrogen and oxygen atoms in total. The molecule has 1 atom stereocenters. The van der Waals surface area contributed by atoms with Gasteiger partial charge in [-0.25, -0.2) is 0 Å². The molecule has 2 aromatic rings. The fraction of sp³-hybridized carbons (Fsp3) is 0.519. The van der Waals surface area contributed by atoms with Gasteiger partial charge in [-0.05, 0) is 30.7 Å². The van der Waals surface area contributed by atoms with E-state index < -0.39 is 11.9 Å². The van der Waals surface area contributed by atoms with E-state index in [1.54, 1.807) is 19.1 Å². The molecule has 36 heavy (non-hydrogen) atoms. The van der Waals surface area contributed by atoms with Gasteiger partial charge in [0.15, 0.2) is 17.3 Å². The second-order valence-corrected chi connectivity index (χ2v) is 9.99. The third kappa shape index (κ3) is 5.66. The van der Waals surface area contributed by atoms with E-state index in [9.17, 15) is 14.4 Å². The number of H-pyrrole nitrogens is 1. The molecular formula is C27H37N3O6. The molecule has 1 aromatic carbocycles. The van der Waals surface area contributed by atoms with Gasteiger partial charge >= 0.3 is 0 Å². The van der Waals surface area contributed by atoms with Crippen molar-refractivity contribution in [2.45, 2.75) is 65.8 Å². The smallest absolute Gasteiger partial charge is 0.268 e. The van der Waals surface area contributed by atoms with Crippen molar-refractivity contribution in [2.24, 2.45) is 5.41 Å². The predicted molar refractivity (Wildman–Crippen MR) is 137 cm³/mol. The number of nitrogens with one attached hydrogen (secondary N) is 3. The van der Waals surface area contributed by atoms with Crippen LogP contribution in [0.1, 0.15) is 78.6 Å². The summed E-state index contributed by atoms with van der Waals surface area (Å²) in [6.07, 6.45) is 3.20. The predicted octanol–water partition coefficient (Wildman–Crippen LogP) is 4.43. The Hall–Kier alpha value is -3.49. The molecule has 9 heteroatoms. The zero-order valence-corrected chi connectivity index (χ0v) is 22.2. The van der Waals surface area contributed by atoms with Crippen LogP contribution in [0, 0.1) is 12.3 Å². The lowest BCUT2D eigenvalue weighted by molar-refractivity contribution is -0.118. The lowest BCUT2D eigenvalue weighted by Gasteiger charge is -2.28. The van der Waals surface area contributed by atoms with Crippen LogP contribution in [-0.4, -0.2) is 50.0 Å². The quantitative estimate of drug-likeness (QED) is 0.445. The first kappa shape index (κ1) is 27.1. The summed E-state index contributed by atoms with van der Waals surface area (Å²) in [4.78, 5) is 42.4. The molecule has 0 aliphatic heterocycles. The van der Waals surface area contributed by atoms with Crippen molar-refractivity contribution in [3.8, 4) is 17.2 Å². The maximum atomic E-state index is 13.3. The Labute approximate surface area is 212 Å². The molecule has 0 bridgehead atoms. The molecule has 3 rings (SSSR count). The largest absolute Gasteiger partial charge is 0.493 e. The van der Waals surface area contributed by atoms with Crippen molar-refractivity contribution >= 4 is 23.3 Å². The van der Waals surface area contributed by atoms with Gasteiger partial charge in [0.1, 0.15) is 11.7 Å². The first-order valence-corrected chi connectivity index (χ1v) is 12.2. The molecule has 3 N–H and O–H groups in total. The first-order chi connectivity index (χ1) is 17.0. The van der Waals surface area contributed by atoms with E-state index in [0.29, 0.717) is 59.0 Å². The highest BCUT2D eigenvalue weighted by molar-refractivity contribution is 6.06. The van der Waals surface area contributed by atoms with Gasteiger partial charge in [-0.1, -0.05) is 33.6 Å². The van der Waals surface area contributed by atoms with E-state index in [4.69, 9.17) is 14.2 Å². The van der Waals surface area contributed by atoms with Gasteiger partial charge in [-0.3, -0.25) is 14.4 Å². The summed E-state index contributed by atoms with van der Waals surface area (Å²) in [7, 11) is 4.50. The van der Waals surface area contributed by atoms with Gasteiger partial charge < -0.3 is 29.8 Å². The van der Waals surface area contributed by atoms with E-state index in [-0.39, 0.29) is 17.1 Å². The van der Waals surface area contributed by atoms with E-state index in [1.165, 1.54) is 21.3 Å². The Morgan fingerprint density at radius 3 is 2.28 bits per heavy atom. The van der Waals surface area contributed by atoms with Crippen molar-refractivity contribution < 1.29 is 28.6 Å². The maximum Gasteiger partial charge on any atom is 0.268 e. The lowest BCUT2D eigenvalue weighted by atomic mass is 9.75. The third-order valence-corrected chi connectivity index (χ3v) is 6.53. The minimum atomic E-state index is -0.775. The molecule has 0 fully saturated rings. The highest BCUT2D eigenvalue weighted by atomic mass is 16.5. The minimum Gasteiger partial charge on any atom is -0.493 e. The van der Waals surface area contributed by atoms with Gasteiger partial charge in [-0.2, -0.15) is 0 Å². The zero-order chi connectivity index (χ0) is 26.6. The number of Topliss-reactive ketones (excluding diaryl/α,β-unsaturated/α-hetero) is 1. The summed E-state index contributed by atoms with van der Waals surface area (Å²) in [6, 6.07) is 2.49. The molecule has 0 spiro atoms. The monoisotopic (exact) mass is 499 g/mol. The van der Waals surface area contributed by atoms with E-state index in [2.05, 4.69) is 15.6 Å². The molecule has 2 amide bonds. The van der Waals surface area contributed by atoms with Crippen molar-refractivity contribution in [3.63, 3.8) is 0 Å². The van der Waals surface area contributed by atoms with Crippen LogP contribution in [0.15, 0.2) is 12.1 Å². The fourth-order valence-electron chi connectivity index (χ4n) is 4.75. The van der Waals surface area contributed by atoms with Gasteiger partial charge in [0, 0.05) is 35.5 Å². The number of methoxy groups -OCH3 is 3. The number of unbranched alkanes of at least 4 members (excludes halogenated alkanes) is 1. The molecule has 1 aliphatic rings. The number of ether oxygens (including phenoxy) is 3. The van der Waals surface area contributed by atoms with Gasteiger partial charge in [0.2, 0.25) is 11.7 Å². The molecule has 1 heterocycles. The van der Waals surface area contributed by atoms with E-state index in [0.717, 1.165) is 18.5 Å². The van der Waals surface area contributed by atoms with Crippen LogP contribution in [0.4, 0.5) is 5.69 Å². The van der Waals surface area contributed by atoms with Crippen LogP contribution in [0.2, 0.25) is 0 Å². The number of aromatic amines is 1. The van der Waals surface area contributed by atoms with Crippen LogP contribution in [0.5, 0.6) is 17.2 Å². The highest BCUT2D eigenvalue weighted by Gasteiger charge is 2.35. The van der Waals surface area contributed by atoms with Gasteiger partial charge in [-0.15, -0.1) is 0 Å². The maximum absolute atomic E-state index is 13.3. The number of ketones is 1. The number of anilines is 1. The Morgan fingerprint density at radius 2 is 1.72 bits per heavy atom. The number of amides is 2. The molecule has 0 radical (unpaired) electrons. The normalized spacial score (nSPS) is 15.0. The third-order valence-electron chi connectivity index (χ3n) is 6.53. The Kier molecular flexibility index (Phi) is 8.32. The van der Waals surface area contributed by atoms with Crippen molar-refractivity contribution in [1.29, 1.82) is 0 Å². The summed E-state index contributed by atoms with van der Waals surface area (Å²) >= 11 is 0. The number of hydrogen-bond donors (Lipinski definition) is 3. The number of fused-ring (bicyclic) bond motifs is 1. The number of hydrogen-bond acceptors (Lipinski definition) is 6. The summed E-state index contributed by atoms with van der Waals surface area (Å²) in [5, 5.41) is 5.73. The van der Waals surface area contributed by atoms with E-state index >= 15 is 0 Å². The van der Waals surface area contributed by atoms with Crippen LogP contribution >= 0.6 is 0 Å². The number of benzene rings is 1. The van der Waals surface area contributed by atoms with Crippen LogP contribution in [0.25, 0.3) is 0 Å².